The Morgan fingerprint density at radius 3 is 2.79 bits per heavy atom. The van der Waals surface area contributed by atoms with Crippen LogP contribution in [0.5, 0.6) is 0 Å². The molecule has 1 aromatic heterocycles. The van der Waals surface area contributed by atoms with Crippen LogP contribution >= 0.6 is 15.9 Å². The highest BCUT2D eigenvalue weighted by Gasteiger charge is 2.35. The van der Waals surface area contributed by atoms with E-state index >= 15 is 0 Å². The molecule has 2 fully saturated rings. The number of benzene rings is 1. The summed E-state index contributed by atoms with van der Waals surface area (Å²) < 4.78 is 2.29. The van der Waals surface area contributed by atoms with E-state index in [1.54, 1.807) is 11.0 Å². The van der Waals surface area contributed by atoms with E-state index < -0.39 is 5.92 Å². The van der Waals surface area contributed by atoms with Crippen LogP contribution in [0.4, 0.5) is 5.69 Å². The number of rotatable bonds is 6. The Morgan fingerprint density at radius 2 is 2.04 bits per heavy atom. The van der Waals surface area contributed by atoms with Gasteiger partial charge in [-0.2, -0.15) is 5.10 Å². The van der Waals surface area contributed by atoms with Gasteiger partial charge in [0.25, 0.3) is 5.56 Å². The summed E-state index contributed by atoms with van der Waals surface area (Å²) in [5.74, 6) is -0.158. The van der Waals surface area contributed by atoms with E-state index in [9.17, 15) is 14.4 Å². The summed E-state index contributed by atoms with van der Waals surface area (Å²) >= 11 is 3.40. The smallest absolute Gasteiger partial charge is 0.266 e. The summed E-state index contributed by atoms with van der Waals surface area (Å²) in [4.78, 5) is 38.4. The van der Waals surface area contributed by atoms with Gasteiger partial charge in [-0.25, -0.2) is 4.68 Å². The van der Waals surface area contributed by atoms with Crippen LogP contribution in [-0.4, -0.2) is 34.7 Å². The minimum atomic E-state index is -0.394. The maximum Gasteiger partial charge on any atom is 0.266 e. The molecule has 1 saturated heterocycles. The van der Waals surface area contributed by atoms with Crippen LogP contribution in [0.2, 0.25) is 0 Å². The maximum absolute atomic E-state index is 12.5. The molecule has 7 nitrogen and oxygen atoms in total. The zero-order chi connectivity index (χ0) is 19.7. The molecule has 8 heteroatoms. The summed E-state index contributed by atoms with van der Waals surface area (Å²) in [5, 5.41) is 7.23. The van der Waals surface area contributed by atoms with Crippen molar-refractivity contribution < 1.29 is 9.59 Å². The first-order chi connectivity index (χ1) is 13.5. The predicted octanol–water partition coefficient (Wildman–Crippen LogP) is 2.05. The Hall–Kier alpha value is -2.48. The fraction of sp³-hybridized carbons (Fsp3) is 0.400. The van der Waals surface area contributed by atoms with Gasteiger partial charge in [-0.15, -0.1) is 0 Å². The quantitative estimate of drug-likeness (QED) is 0.738. The molecular weight excluding hydrogens is 424 g/mol. The first-order valence-electron chi connectivity index (χ1n) is 9.43. The first-order valence-corrected chi connectivity index (χ1v) is 10.2. The molecule has 1 unspecified atom stereocenters. The summed E-state index contributed by atoms with van der Waals surface area (Å²) in [7, 11) is 0. The molecule has 1 N–H and O–H groups in total. The molecule has 2 aromatic rings. The van der Waals surface area contributed by atoms with Crippen LogP contribution in [0, 0.1) is 5.92 Å². The lowest BCUT2D eigenvalue weighted by atomic mass is 10.1. The Labute approximate surface area is 170 Å². The van der Waals surface area contributed by atoms with Gasteiger partial charge < -0.3 is 10.2 Å². The average Bonchev–Trinajstić information content (AvgIpc) is 3.45. The van der Waals surface area contributed by atoms with Crippen molar-refractivity contribution in [2.75, 3.05) is 18.0 Å². The van der Waals surface area contributed by atoms with E-state index in [2.05, 4.69) is 26.3 Å². The van der Waals surface area contributed by atoms with Crippen molar-refractivity contribution in [2.24, 2.45) is 5.92 Å². The topological polar surface area (TPSA) is 84.3 Å². The summed E-state index contributed by atoms with van der Waals surface area (Å²) in [6.07, 6.45) is 2.42. The molecule has 2 aliphatic rings. The van der Waals surface area contributed by atoms with E-state index in [0.717, 1.165) is 28.7 Å². The van der Waals surface area contributed by atoms with Crippen molar-refractivity contribution in [2.45, 2.75) is 31.7 Å². The van der Waals surface area contributed by atoms with Crippen molar-refractivity contribution in [3.8, 4) is 0 Å². The lowest BCUT2D eigenvalue weighted by molar-refractivity contribution is -0.126. The molecule has 1 aliphatic heterocycles. The maximum atomic E-state index is 12.5. The van der Waals surface area contributed by atoms with Gasteiger partial charge in [0, 0.05) is 41.7 Å². The number of anilines is 1. The van der Waals surface area contributed by atoms with E-state index in [4.69, 9.17) is 0 Å². The molecule has 0 radical (unpaired) electrons. The highest BCUT2D eigenvalue weighted by atomic mass is 79.9. The fourth-order valence-corrected chi connectivity index (χ4v) is 3.81. The van der Waals surface area contributed by atoms with Crippen LogP contribution in [0.15, 0.2) is 45.7 Å². The number of amides is 2. The Morgan fingerprint density at radius 1 is 1.21 bits per heavy atom. The molecule has 0 bridgehead atoms. The number of carbonyl (C=O) groups is 2. The molecule has 2 amide bonds. The molecule has 2 heterocycles. The monoisotopic (exact) mass is 444 g/mol. The molecule has 1 aliphatic carbocycles. The van der Waals surface area contributed by atoms with Crippen LogP contribution in [-0.2, 0) is 16.1 Å². The third-order valence-electron chi connectivity index (χ3n) is 5.12. The standard InChI is InChI=1S/C20H21BrN4O3/c21-15-2-1-3-16(11-15)24-12-14(10-19(24)27)20(28)22-8-9-25-18(26)7-6-17(23-25)13-4-5-13/h1-3,6-7,11,13-14H,4-5,8-10,12H2,(H,22,28). The van der Waals surface area contributed by atoms with Crippen molar-refractivity contribution in [3.63, 3.8) is 0 Å². The summed E-state index contributed by atoms with van der Waals surface area (Å²) in [6, 6.07) is 10.8. The van der Waals surface area contributed by atoms with Gasteiger partial charge in [-0.05, 0) is 37.1 Å². The number of aromatic nitrogens is 2. The van der Waals surface area contributed by atoms with Gasteiger partial charge in [0.15, 0.2) is 0 Å². The number of nitrogens with one attached hydrogen (secondary N) is 1. The van der Waals surface area contributed by atoms with Crippen molar-refractivity contribution >= 4 is 33.4 Å². The van der Waals surface area contributed by atoms with E-state index in [0.29, 0.717) is 25.6 Å². The van der Waals surface area contributed by atoms with Gasteiger partial charge in [0.1, 0.15) is 0 Å². The highest BCUT2D eigenvalue weighted by Crippen LogP contribution is 2.38. The number of nitrogens with zero attached hydrogens (tertiary/aromatic N) is 3. The van der Waals surface area contributed by atoms with E-state index in [-0.39, 0.29) is 23.8 Å². The molecule has 146 valence electrons. The highest BCUT2D eigenvalue weighted by molar-refractivity contribution is 9.10. The third kappa shape index (κ3) is 4.16. The van der Waals surface area contributed by atoms with Gasteiger partial charge in [-0.1, -0.05) is 22.0 Å². The largest absolute Gasteiger partial charge is 0.354 e. The van der Waals surface area contributed by atoms with E-state index in [1.807, 2.05) is 24.3 Å². The van der Waals surface area contributed by atoms with Gasteiger partial charge >= 0.3 is 0 Å². The number of carbonyl (C=O) groups excluding carboxylic acids is 2. The predicted molar refractivity (Wildman–Crippen MR) is 108 cm³/mol. The number of hydrogen-bond acceptors (Lipinski definition) is 4. The molecule has 28 heavy (non-hydrogen) atoms. The Balaban J connectivity index is 1.33. The lowest BCUT2D eigenvalue weighted by Crippen LogP contribution is -2.36. The van der Waals surface area contributed by atoms with Crippen LogP contribution in [0.3, 0.4) is 0 Å². The van der Waals surface area contributed by atoms with E-state index in [1.165, 1.54) is 10.7 Å². The zero-order valence-corrected chi connectivity index (χ0v) is 16.9. The fourth-order valence-electron chi connectivity index (χ4n) is 3.43. The second-order valence-corrected chi connectivity index (χ2v) is 8.19. The van der Waals surface area contributed by atoms with Crippen molar-refractivity contribution in [3.05, 3.63) is 56.9 Å². The normalized spacial score (nSPS) is 19.1. The van der Waals surface area contributed by atoms with Gasteiger partial charge in [0.2, 0.25) is 11.8 Å². The minimum absolute atomic E-state index is 0.0618. The summed E-state index contributed by atoms with van der Waals surface area (Å²) in [5.41, 5.74) is 1.55. The minimum Gasteiger partial charge on any atom is -0.354 e. The SMILES string of the molecule is O=C(NCCn1nc(C2CC2)ccc1=O)C1CC(=O)N(c2cccc(Br)c2)C1. The molecule has 0 spiro atoms. The zero-order valence-electron chi connectivity index (χ0n) is 15.3. The van der Waals surface area contributed by atoms with Gasteiger partial charge in [0.05, 0.1) is 18.2 Å². The summed E-state index contributed by atoms with van der Waals surface area (Å²) in [6.45, 7) is 0.985. The van der Waals surface area contributed by atoms with Crippen LogP contribution < -0.4 is 15.8 Å². The molecule has 1 saturated carbocycles. The first kappa shape index (κ1) is 18.9. The second kappa shape index (κ2) is 7.87. The number of halogens is 1. The van der Waals surface area contributed by atoms with Crippen LogP contribution in [0.25, 0.3) is 0 Å². The Kier molecular flexibility index (Phi) is 5.30. The van der Waals surface area contributed by atoms with Crippen molar-refractivity contribution in [1.82, 2.24) is 15.1 Å². The number of hydrogen-bond donors (Lipinski definition) is 1. The van der Waals surface area contributed by atoms with Gasteiger partial charge in [-0.3, -0.25) is 14.4 Å². The lowest BCUT2D eigenvalue weighted by Gasteiger charge is -2.17. The van der Waals surface area contributed by atoms with Crippen molar-refractivity contribution in [1.29, 1.82) is 0 Å². The molecular formula is C20H21BrN4O3. The average molecular weight is 445 g/mol. The Bertz CT molecular complexity index is 970. The molecule has 1 aromatic carbocycles. The van der Waals surface area contributed by atoms with Crippen LogP contribution in [0.1, 0.15) is 30.9 Å². The third-order valence-corrected chi connectivity index (χ3v) is 5.61. The molecule has 1 atom stereocenters. The second-order valence-electron chi connectivity index (χ2n) is 7.27. The molecule has 4 rings (SSSR count).